The van der Waals surface area contributed by atoms with E-state index in [1.165, 1.54) is 0 Å². The zero-order chi connectivity index (χ0) is 15.2. The summed E-state index contributed by atoms with van der Waals surface area (Å²) in [5, 5.41) is -0.276. The van der Waals surface area contributed by atoms with Crippen LogP contribution in [-0.2, 0) is 9.84 Å². The summed E-state index contributed by atoms with van der Waals surface area (Å²) in [7, 11) is -2.96. The predicted molar refractivity (Wildman–Crippen MR) is 88.8 cm³/mol. The van der Waals surface area contributed by atoms with Crippen molar-refractivity contribution < 1.29 is 8.42 Å². The number of hydrogen-bond donors (Lipinski definition) is 1. The van der Waals surface area contributed by atoms with E-state index in [1.54, 1.807) is 18.7 Å². The second kappa shape index (κ2) is 8.61. The van der Waals surface area contributed by atoms with Crippen molar-refractivity contribution in [1.82, 2.24) is 4.90 Å². The maximum Gasteiger partial charge on any atom is 0.166 e. The van der Waals surface area contributed by atoms with Crippen LogP contribution in [0.4, 0.5) is 0 Å². The van der Waals surface area contributed by atoms with Crippen LogP contribution < -0.4 is 5.73 Å². The third-order valence-corrected chi connectivity index (χ3v) is 7.24. The van der Waals surface area contributed by atoms with Gasteiger partial charge in [-0.05, 0) is 25.7 Å². The van der Waals surface area contributed by atoms with Gasteiger partial charge in [-0.1, -0.05) is 20.3 Å². The van der Waals surface area contributed by atoms with E-state index in [2.05, 4.69) is 11.8 Å². The Morgan fingerprint density at radius 2 is 2.05 bits per heavy atom. The van der Waals surface area contributed by atoms with Crippen molar-refractivity contribution in [2.75, 3.05) is 30.3 Å². The lowest BCUT2D eigenvalue weighted by Gasteiger charge is -2.36. The first-order chi connectivity index (χ1) is 9.36. The third kappa shape index (κ3) is 5.92. The molecule has 0 spiro atoms. The number of nitrogens with zero attached hydrogens (tertiary/aromatic N) is 1. The average molecular weight is 323 g/mol. The number of rotatable bonds is 8. The number of sulfone groups is 1. The van der Waals surface area contributed by atoms with Gasteiger partial charge in [0, 0.05) is 36.4 Å². The van der Waals surface area contributed by atoms with Crippen LogP contribution in [0.3, 0.4) is 0 Å². The molecular weight excluding hydrogens is 292 g/mol. The van der Waals surface area contributed by atoms with Gasteiger partial charge in [0.05, 0.1) is 0 Å². The highest BCUT2D eigenvalue weighted by molar-refractivity contribution is 8.01. The summed E-state index contributed by atoms with van der Waals surface area (Å²) in [4.78, 5) is 2.19. The highest BCUT2D eigenvalue weighted by Gasteiger charge is 2.33. The molecule has 0 amide bonds. The van der Waals surface area contributed by atoms with Gasteiger partial charge in [0.2, 0.25) is 0 Å². The fourth-order valence-electron chi connectivity index (χ4n) is 2.63. The molecule has 1 rings (SSSR count). The molecule has 1 saturated heterocycles. The van der Waals surface area contributed by atoms with Gasteiger partial charge in [-0.15, -0.1) is 0 Å². The normalized spacial score (nSPS) is 24.5. The van der Waals surface area contributed by atoms with Gasteiger partial charge in [-0.3, -0.25) is 4.90 Å². The first-order valence-corrected chi connectivity index (χ1v) is 10.5. The average Bonchev–Trinajstić information content (AvgIpc) is 2.38. The molecule has 1 aliphatic rings. The summed E-state index contributed by atoms with van der Waals surface area (Å²) < 4.78 is 24.4. The van der Waals surface area contributed by atoms with E-state index in [0.717, 1.165) is 43.9 Å². The lowest BCUT2D eigenvalue weighted by molar-refractivity contribution is 0.226. The number of nitrogens with two attached hydrogens (primary N) is 1. The van der Waals surface area contributed by atoms with Gasteiger partial charge in [0.25, 0.3) is 0 Å². The molecule has 0 radical (unpaired) electrons. The van der Waals surface area contributed by atoms with Gasteiger partial charge in [-0.2, -0.15) is 11.8 Å². The van der Waals surface area contributed by atoms with Crippen molar-refractivity contribution in [3.05, 3.63) is 0 Å². The highest BCUT2D eigenvalue weighted by atomic mass is 32.2. The van der Waals surface area contributed by atoms with Gasteiger partial charge in [-0.25, -0.2) is 8.42 Å². The quantitative estimate of drug-likeness (QED) is 0.740. The SMILES string of the molecule is CCS(=O)(=O)C1CSCCN1CC(C)CCCC(C)N. The number of thioether (sulfide) groups is 1. The van der Waals surface area contributed by atoms with Crippen molar-refractivity contribution >= 4 is 21.6 Å². The molecule has 3 unspecified atom stereocenters. The molecular formula is C14H30N2O2S2. The van der Waals surface area contributed by atoms with E-state index >= 15 is 0 Å². The van der Waals surface area contributed by atoms with Crippen LogP contribution in [0.15, 0.2) is 0 Å². The maximum absolute atomic E-state index is 12.2. The molecule has 0 bridgehead atoms. The zero-order valence-corrected chi connectivity index (χ0v) is 14.7. The number of hydrogen-bond acceptors (Lipinski definition) is 5. The summed E-state index contributed by atoms with van der Waals surface area (Å²) in [6.07, 6.45) is 3.31. The topological polar surface area (TPSA) is 63.4 Å². The molecule has 1 aliphatic heterocycles. The summed E-state index contributed by atoms with van der Waals surface area (Å²) in [6, 6.07) is 0.266. The molecule has 0 aliphatic carbocycles. The first kappa shape index (κ1) is 18.3. The smallest absolute Gasteiger partial charge is 0.166 e. The minimum absolute atomic E-state index is 0.244. The summed E-state index contributed by atoms with van der Waals surface area (Å²) >= 11 is 1.76. The van der Waals surface area contributed by atoms with Crippen LogP contribution in [0.5, 0.6) is 0 Å². The Morgan fingerprint density at radius 1 is 1.35 bits per heavy atom. The Morgan fingerprint density at radius 3 is 2.65 bits per heavy atom. The van der Waals surface area contributed by atoms with E-state index in [-0.39, 0.29) is 17.2 Å². The van der Waals surface area contributed by atoms with Gasteiger partial charge < -0.3 is 5.73 Å². The highest BCUT2D eigenvalue weighted by Crippen LogP contribution is 2.23. The van der Waals surface area contributed by atoms with Gasteiger partial charge in [0.1, 0.15) is 5.37 Å². The molecule has 3 atom stereocenters. The third-order valence-electron chi connectivity index (χ3n) is 3.91. The lowest BCUT2D eigenvalue weighted by Crippen LogP contribution is -2.49. The minimum Gasteiger partial charge on any atom is -0.328 e. The monoisotopic (exact) mass is 322 g/mol. The standard InChI is InChI=1S/C14H30N2O2S2/c1-4-20(17,18)14-11-19-9-8-16(14)10-12(2)6-5-7-13(3)15/h12-14H,4-11,15H2,1-3H3. The fraction of sp³-hybridized carbons (Fsp3) is 1.00. The molecule has 0 aromatic heterocycles. The molecule has 1 fully saturated rings. The van der Waals surface area contributed by atoms with Crippen LogP contribution >= 0.6 is 11.8 Å². The zero-order valence-electron chi connectivity index (χ0n) is 13.0. The Kier molecular flexibility index (Phi) is 7.87. The van der Waals surface area contributed by atoms with Crippen molar-refractivity contribution in [1.29, 1.82) is 0 Å². The molecule has 120 valence electrons. The van der Waals surface area contributed by atoms with E-state index < -0.39 is 9.84 Å². The van der Waals surface area contributed by atoms with Gasteiger partial charge in [0.15, 0.2) is 9.84 Å². The van der Waals surface area contributed by atoms with Crippen molar-refractivity contribution in [2.45, 2.75) is 51.4 Å². The summed E-state index contributed by atoms with van der Waals surface area (Å²) in [5.74, 6) is 2.55. The van der Waals surface area contributed by atoms with E-state index in [0.29, 0.717) is 5.92 Å². The lowest BCUT2D eigenvalue weighted by atomic mass is 10.0. The van der Waals surface area contributed by atoms with Crippen LogP contribution in [-0.4, -0.2) is 55.1 Å². The second-order valence-corrected chi connectivity index (χ2v) is 9.59. The van der Waals surface area contributed by atoms with E-state index in [4.69, 9.17) is 5.73 Å². The van der Waals surface area contributed by atoms with Crippen LogP contribution in [0.2, 0.25) is 0 Å². The van der Waals surface area contributed by atoms with Crippen molar-refractivity contribution in [3.63, 3.8) is 0 Å². The summed E-state index contributed by atoms with van der Waals surface area (Å²) in [6.45, 7) is 7.80. The maximum atomic E-state index is 12.2. The Hall–Kier alpha value is 0.220. The predicted octanol–water partition coefficient (Wildman–Crippen LogP) is 1.95. The molecule has 0 aromatic carbocycles. The molecule has 2 N–H and O–H groups in total. The molecule has 1 heterocycles. The largest absolute Gasteiger partial charge is 0.328 e. The van der Waals surface area contributed by atoms with Crippen molar-refractivity contribution in [3.8, 4) is 0 Å². The fourth-order valence-corrected chi connectivity index (χ4v) is 5.72. The molecule has 4 nitrogen and oxygen atoms in total. The van der Waals surface area contributed by atoms with E-state index in [1.807, 2.05) is 6.92 Å². The van der Waals surface area contributed by atoms with Crippen LogP contribution in [0, 0.1) is 5.92 Å². The molecule has 0 saturated carbocycles. The first-order valence-electron chi connectivity index (χ1n) is 7.65. The Labute approximate surface area is 128 Å². The summed E-state index contributed by atoms with van der Waals surface area (Å²) in [5.41, 5.74) is 5.77. The van der Waals surface area contributed by atoms with Crippen LogP contribution in [0.25, 0.3) is 0 Å². The minimum atomic E-state index is -2.96. The Bertz CT molecular complexity index is 371. The molecule has 6 heteroatoms. The van der Waals surface area contributed by atoms with Gasteiger partial charge >= 0.3 is 0 Å². The molecule has 0 aromatic rings. The second-order valence-electron chi connectivity index (χ2n) is 5.99. The van der Waals surface area contributed by atoms with E-state index in [9.17, 15) is 8.42 Å². The Balaban J connectivity index is 2.50. The van der Waals surface area contributed by atoms with Crippen molar-refractivity contribution in [2.24, 2.45) is 11.7 Å². The molecule has 20 heavy (non-hydrogen) atoms. The van der Waals surface area contributed by atoms with Crippen LogP contribution in [0.1, 0.15) is 40.0 Å².